The second kappa shape index (κ2) is 10.1. The number of carbonyl (C=O) groups is 1. The number of thiophene rings is 1. The van der Waals surface area contributed by atoms with Crippen molar-refractivity contribution in [3.05, 3.63) is 61.6 Å². The first-order chi connectivity index (χ1) is 15.0. The summed E-state index contributed by atoms with van der Waals surface area (Å²) in [5, 5.41) is 11.8. The molecule has 0 radical (unpaired) electrons. The molecule has 3 rings (SSSR count). The maximum Gasteiger partial charge on any atom is 0.331 e. The van der Waals surface area contributed by atoms with E-state index in [2.05, 4.69) is 11.4 Å². The summed E-state index contributed by atoms with van der Waals surface area (Å²) in [5.41, 5.74) is 0.101. The molecule has 31 heavy (non-hydrogen) atoms. The predicted octanol–water partition coefficient (Wildman–Crippen LogP) is 2.78. The smallest absolute Gasteiger partial charge is 0.331 e. The van der Waals surface area contributed by atoms with Crippen LogP contribution in [0.15, 0.2) is 39.9 Å². The number of methoxy groups -OCH3 is 1. The highest BCUT2D eigenvalue weighted by molar-refractivity contribution is 7.20. The highest BCUT2D eigenvalue weighted by Gasteiger charge is 2.17. The van der Waals surface area contributed by atoms with Crippen molar-refractivity contribution >= 4 is 27.5 Å². The fraction of sp³-hybridized carbons (Fsp3) is 0.364. The third-order valence-electron chi connectivity index (χ3n) is 4.99. The number of amides is 1. The molecule has 0 aliphatic heterocycles. The molecule has 0 atom stereocenters. The van der Waals surface area contributed by atoms with Crippen LogP contribution in [0.25, 0.3) is 10.2 Å². The van der Waals surface area contributed by atoms with Gasteiger partial charge in [0.2, 0.25) is 0 Å². The Balaban J connectivity index is 1.79. The molecule has 2 heterocycles. The maximum absolute atomic E-state index is 12.9. The van der Waals surface area contributed by atoms with Gasteiger partial charge in [0.25, 0.3) is 11.5 Å². The number of aryl methyl sites for hydroxylation is 1. The third kappa shape index (κ3) is 5.03. The van der Waals surface area contributed by atoms with Crippen LogP contribution in [0.5, 0.6) is 5.75 Å². The normalized spacial score (nSPS) is 10.7. The second-order valence-electron chi connectivity index (χ2n) is 7.13. The maximum atomic E-state index is 12.9. The van der Waals surface area contributed by atoms with Gasteiger partial charge >= 0.3 is 5.69 Å². The fourth-order valence-corrected chi connectivity index (χ4v) is 4.32. The summed E-state index contributed by atoms with van der Waals surface area (Å²) in [6.45, 7) is 0.607. The monoisotopic (exact) mass is 440 g/mol. The Bertz CT molecular complexity index is 1250. The van der Waals surface area contributed by atoms with Crippen LogP contribution in [0.3, 0.4) is 0 Å². The van der Waals surface area contributed by atoms with Gasteiger partial charge in [-0.25, -0.2) is 4.79 Å². The number of benzene rings is 1. The van der Waals surface area contributed by atoms with E-state index in [1.807, 2.05) is 24.3 Å². The third-order valence-corrected chi connectivity index (χ3v) is 6.20. The Labute approximate surface area is 183 Å². The Hall–Kier alpha value is -3.38. The van der Waals surface area contributed by atoms with Crippen molar-refractivity contribution in [3.8, 4) is 11.8 Å². The Morgan fingerprint density at radius 1 is 1.23 bits per heavy atom. The molecule has 0 saturated carbocycles. The number of rotatable bonds is 9. The van der Waals surface area contributed by atoms with E-state index in [1.54, 1.807) is 20.2 Å². The van der Waals surface area contributed by atoms with Gasteiger partial charge in [-0.15, -0.1) is 11.3 Å². The number of nitrogens with zero attached hydrogens (tertiary/aromatic N) is 3. The van der Waals surface area contributed by atoms with Crippen molar-refractivity contribution in [2.24, 2.45) is 7.05 Å². The van der Waals surface area contributed by atoms with E-state index < -0.39 is 5.69 Å². The van der Waals surface area contributed by atoms with Crippen LogP contribution in [0.2, 0.25) is 0 Å². The first-order valence-corrected chi connectivity index (χ1v) is 10.8. The molecule has 2 aromatic heterocycles. The molecular weight excluding hydrogens is 416 g/mol. The van der Waals surface area contributed by atoms with Gasteiger partial charge < -0.3 is 10.1 Å². The van der Waals surface area contributed by atoms with Gasteiger partial charge in [-0.3, -0.25) is 18.7 Å². The second-order valence-corrected chi connectivity index (χ2v) is 8.16. The van der Waals surface area contributed by atoms with Crippen molar-refractivity contribution in [2.75, 3.05) is 7.11 Å². The van der Waals surface area contributed by atoms with Crippen LogP contribution in [-0.2, 0) is 20.1 Å². The fourth-order valence-electron chi connectivity index (χ4n) is 3.30. The Kier molecular flexibility index (Phi) is 7.26. The van der Waals surface area contributed by atoms with Crippen LogP contribution in [-0.4, -0.2) is 22.2 Å². The summed E-state index contributed by atoms with van der Waals surface area (Å²) < 4.78 is 7.81. The van der Waals surface area contributed by atoms with E-state index in [-0.39, 0.29) is 11.5 Å². The summed E-state index contributed by atoms with van der Waals surface area (Å²) >= 11 is 1.12. The number of hydrogen-bond acceptors (Lipinski definition) is 6. The van der Waals surface area contributed by atoms with E-state index in [0.717, 1.165) is 29.7 Å². The molecule has 0 fully saturated rings. The number of unbranched alkanes of at least 4 members (excludes halogenated alkanes) is 3. The van der Waals surface area contributed by atoms with Crippen LogP contribution >= 0.6 is 11.3 Å². The van der Waals surface area contributed by atoms with Gasteiger partial charge in [-0.1, -0.05) is 18.6 Å². The Morgan fingerprint density at radius 2 is 2.03 bits per heavy atom. The van der Waals surface area contributed by atoms with Gasteiger partial charge in [0.1, 0.15) is 10.6 Å². The molecule has 0 aliphatic carbocycles. The molecule has 0 spiro atoms. The zero-order valence-corrected chi connectivity index (χ0v) is 18.3. The summed E-state index contributed by atoms with van der Waals surface area (Å²) in [6, 6.07) is 11.0. The van der Waals surface area contributed by atoms with Crippen LogP contribution < -0.4 is 21.3 Å². The highest BCUT2D eigenvalue weighted by Crippen LogP contribution is 2.22. The molecule has 1 amide bonds. The zero-order chi connectivity index (χ0) is 22.4. The number of ether oxygens (including phenoxy) is 1. The van der Waals surface area contributed by atoms with Gasteiger partial charge in [0.15, 0.2) is 0 Å². The van der Waals surface area contributed by atoms with Gasteiger partial charge in [-0.2, -0.15) is 5.26 Å². The molecular formula is C22H24N4O4S. The lowest BCUT2D eigenvalue weighted by Crippen LogP contribution is -2.38. The number of hydrogen-bond donors (Lipinski definition) is 1. The van der Waals surface area contributed by atoms with Crippen molar-refractivity contribution in [1.82, 2.24) is 14.5 Å². The lowest BCUT2D eigenvalue weighted by Gasteiger charge is -2.07. The van der Waals surface area contributed by atoms with E-state index in [4.69, 9.17) is 10.00 Å². The Morgan fingerprint density at radius 3 is 2.77 bits per heavy atom. The summed E-state index contributed by atoms with van der Waals surface area (Å²) in [7, 11) is 3.18. The van der Waals surface area contributed by atoms with E-state index >= 15 is 0 Å². The standard InChI is InChI=1S/C22H24N4O4S/c1-25-21-17(20(28)26(22(25)29)11-6-4-3-5-10-23)13-18(31-21)19(27)24-14-15-8-7-9-16(12-15)30-2/h7-9,12-13H,3-6,11,14H2,1-2H3,(H,24,27). The average Bonchev–Trinajstić information content (AvgIpc) is 3.24. The number of fused-ring (bicyclic) bond motifs is 1. The van der Waals surface area contributed by atoms with Gasteiger partial charge in [0.05, 0.1) is 23.4 Å². The van der Waals surface area contributed by atoms with Gasteiger partial charge in [0, 0.05) is 26.6 Å². The minimum atomic E-state index is -0.400. The molecule has 162 valence electrons. The van der Waals surface area contributed by atoms with Crippen molar-refractivity contribution in [1.29, 1.82) is 5.26 Å². The molecule has 0 aliphatic rings. The lowest BCUT2D eigenvalue weighted by molar-refractivity contribution is 0.0955. The van der Waals surface area contributed by atoms with Crippen LogP contribution in [0, 0.1) is 11.3 Å². The van der Waals surface area contributed by atoms with Crippen molar-refractivity contribution in [3.63, 3.8) is 0 Å². The largest absolute Gasteiger partial charge is 0.497 e. The number of nitrogens with one attached hydrogen (secondary N) is 1. The van der Waals surface area contributed by atoms with Crippen molar-refractivity contribution < 1.29 is 9.53 Å². The molecule has 9 heteroatoms. The summed E-state index contributed by atoms with van der Waals surface area (Å²) in [4.78, 5) is 39.0. The molecule has 1 aromatic carbocycles. The van der Waals surface area contributed by atoms with Crippen LogP contribution in [0.4, 0.5) is 0 Å². The molecule has 3 aromatic rings. The highest BCUT2D eigenvalue weighted by atomic mass is 32.1. The molecule has 1 N–H and O–H groups in total. The predicted molar refractivity (Wildman–Crippen MR) is 120 cm³/mol. The van der Waals surface area contributed by atoms with E-state index in [1.165, 1.54) is 9.13 Å². The minimum absolute atomic E-state index is 0.292. The first kappa shape index (κ1) is 22.3. The lowest BCUT2D eigenvalue weighted by atomic mass is 10.2. The quantitative estimate of drug-likeness (QED) is 0.515. The molecule has 0 bridgehead atoms. The first-order valence-electron chi connectivity index (χ1n) is 9.97. The summed E-state index contributed by atoms with van der Waals surface area (Å²) in [5.74, 6) is 0.399. The topological polar surface area (TPSA) is 106 Å². The number of nitriles is 1. The molecule has 8 nitrogen and oxygen atoms in total. The summed E-state index contributed by atoms with van der Waals surface area (Å²) in [6.07, 6.45) is 2.61. The van der Waals surface area contributed by atoms with Crippen LogP contribution in [0.1, 0.15) is 40.9 Å². The average molecular weight is 441 g/mol. The minimum Gasteiger partial charge on any atom is -0.497 e. The zero-order valence-electron chi connectivity index (χ0n) is 17.5. The molecule has 0 saturated heterocycles. The molecule has 0 unspecified atom stereocenters. The SMILES string of the molecule is COc1cccc(CNC(=O)c2cc3c(=O)n(CCCCCC#N)c(=O)n(C)c3s2)c1. The number of aromatic nitrogens is 2. The van der Waals surface area contributed by atoms with E-state index in [0.29, 0.717) is 46.8 Å². The van der Waals surface area contributed by atoms with E-state index in [9.17, 15) is 14.4 Å². The number of carbonyl (C=O) groups excluding carboxylic acids is 1. The van der Waals surface area contributed by atoms with Crippen molar-refractivity contribution in [2.45, 2.75) is 38.8 Å². The van der Waals surface area contributed by atoms with Gasteiger partial charge in [-0.05, 0) is 36.6 Å².